The molecule has 1 aliphatic rings. The maximum atomic E-state index is 11.6. The van der Waals surface area contributed by atoms with Gasteiger partial charge in [0.05, 0.1) is 12.4 Å². The van der Waals surface area contributed by atoms with Gasteiger partial charge < -0.3 is 10.4 Å². The van der Waals surface area contributed by atoms with Gasteiger partial charge in [-0.25, -0.2) is 14.8 Å². The SMILES string of the molecule is CC1CCCC(Nc2cnc(C#N)cn2)(C(=O)O)C1. The van der Waals surface area contributed by atoms with Crippen molar-refractivity contribution in [3.8, 4) is 6.07 Å². The summed E-state index contributed by atoms with van der Waals surface area (Å²) in [6.07, 6.45) is 5.82. The molecule has 1 saturated carbocycles. The van der Waals surface area contributed by atoms with Gasteiger partial charge in [0.2, 0.25) is 0 Å². The van der Waals surface area contributed by atoms with Crippen molar-refractivity contribution in [2.24, 2.45) is 5.92 Å². The molecule has 0 amide bonds. The number of carboxylic acids is 1. The summed E-state index contributed by atoms with van der Waals surface area (Å²) in [4.78, 5) is 19.5. The average molecular weight is 260 g/mol. The number of nitriles is 1. The van der Waals surface area contributed by atoms with Crippen LogP contribution in [0.2, 0.25) is 0 Å². The smallest absolute Gasteiger partial charge is 0.329 e. The maximum absolute atomic E-state index is 11.6. The van der Waals surface area contributed by atoms with Crippen molar-refractivity contribution in [2.75, 3.05) is 5.32 Å². The molecule has 1 fully saturated rings. The standard InChI is InChI=1S/C13H16N4O2/c1-9-3-2-4-13(5-9,12(18)19)17-11-8-15-10(6-14)7-16-11/h7-9H,2-5H2,1H3,(H,16,17)(H,18,19). The predicted octanol–water partition coefficient (Wildman–Crippen LogP) is 1.79. The van der Waals surface area contributed by atoms with E-state index < -0.39 is 11.5 Å². The summed E-state index contributed by atoms with van der Waals surface area (Å²) in [5.74, 6) is -0.0931. The number of aromatic nitrogens is 2. The Labute approximate surface area is 111 Å². The first-order chi connectivity index (χ1) is 9.05. The molecule has 1 heterocycles. The number of carboxylic acid groups (broad SMARTS) is 1. The first-order valence-corrected chi connectivity index (χ1v) is 6.29. The quantitative estimate of drug-likeness (QED) is 0.859. The Morgan fingerprint density at radius 1 is 1.58 bits per heavy atom. The Morgan fingerprint density at radius 2 is 2.37 bits per heavy atom. The summed E-state index contributed by atoms with van der Waals surface area (Å²) in [5.41, 5.74) is -0.757. The Balaban J connectivity index is 2.21. The molecule has 100 valence electrons. The van der Waals surface area contributed by atoms with Crippen molar-refractivity contribution in [3.05, 3.63) is 18.1 Å². The van der Waals surface area contributed by atoms with Crippen LogP contribution in [0.25, 0.3) is 0 Å². The predicted molar refractivity (Wildman–Crippen MR) is 68.4 cm³/mol. The van der Waals surface area contributed by atoms with Crippen LogP contribution in [0.5, 0.6) is 0 Å². The lowest BCUT2D eigenvalue weighted by Gasteiger charge is -2.37. The number of anilines is 1. The van der Waals surface area contributed by atoms with Crippen LogP contribution in [0, 0.1) is 17.2 Å². The van der Waals surface area contributed by atoms with Crippen LogP contribution < -0.4 is 5.32 Å². The molecule has 2 rings (SSSR count). The molecule has 0 radical (unpaired) electrons. The van der Waals surface area contributed by atoms with E-state index in [1.54, 1.807) is 0 Å². The molecule has 1 aliphatic carbocycles. The van der Waals surface area contributed by atoms with Crippen molar-refractivity contribution in [1.82, 2.24) is 9.97 Å². The summed E-state index contributed by atoms with van der Waals surface area (Å²) in [6.45, 7) is 2.06. The lowest BCUT2D eigenvalue weighted by Crippen LogP contribution is -2.49. The Hall–Kier alpha value is -2.16. The molecule has 0 aromatic carbocycles. The highest BCUT2D eigenvalue weighted by atomic mass is 16.4. The monoisotopic (exact) mass is 260 g/mol. The van der Waals surface area contributed by atoms with Gasteiger partial charge in [-0.2, -0.15) is 5.26 Å². The van der Waals surface area contributed by atoms with Crippen molar-refractivity contribution in [3.63, 3.8) is 0 Å². The second-order valence-electron chi connectivity index (χ2n) is 5.11. The summed E-state index contributed by atoms with van der Waals surface area (Å²) in [7, 11) is 0. The van der Waals surface area contributed by atoms with Gasteiger partial charge >= 0.3 is 5.97 Å². The van der Waals surface area contributed by atoms with Crippen LogP contribution in [0.3, 0.4) is 0 Å². The number of nitrogens with one attached hydrogen (secondary N) is 1. The zero-order chi connectivity index (χ0) is 13.9. The van der Waals surface area contributed by atoms with Gasteiger partial charge in [0, 0.05) is 0 Å². The number of rotatable bonds is 3. The molecule has 0 spiro atoms. The van der Waals surface area contributed by atoms with Crippen molar-refractivity contribution in [1.29, 1.82) is 5.26 Å². The van der Waals surface area contributed by atoms with Gasteiger partial charge in [-0.15, -0.1) is 0 Å². The molecule has 0 saturated heterocycles. The second kappa shape index (κ2) is 5.22. The zero-order valence-corrected chi connectivity index (χ0v) is 10.8. The summed E-state index contributed by atoms with van der Waals surface area (Å²) in [5, 5.41) is 21.2. The van der Waals surface area contributed by atoms with E-state index in [9.17, 15) is 9.90 Å². The van der Waals surface area contributed by atoms with Gasteiger partial charge in [-0.1, -0.05) is 19.8 Å². The molecular weight excluding hydrogens is 244 g/mol. The normalized spacial score (nSPS) is 26.4. The number of hydrogen-bond donors (Lipinski definition) is 2. The number of nitrogens with zero attached hydrogens (tertiary/aromatic N) is 3. The summed E-state index contributed by atoms with van der Waals surface area (Å²) in [6, 6.07) is 1.88. The third-order valence-corrected chi connectivity index (χ3v) is 3.54. The lowest BCUT2D eigenvalue weighted by molar-refractivity contribution is -0.144. The molecular formula is C13H16N4O2. The van der Waals surface area contributed by atoms with Crippen molar-refractivity contribution >= 4 is 11.8 Å². The largest absolute Gasteiger partial charge is 0.480 e. The molecule has 19 heavy (non-hydrogen) atoms. The highest BCUT2D eigenvalue weighted by Crippen LogP contribution is 2.34. The van der Waals surface area contributed by atoms with Crippen LogP contribution in [-0.4, -0.2) is 26.6 Å². The number of aliphatic carboxylic acids is 1. The first-order valence-electron chi connectivity index (χ1n) is 6.29. The van der Waals surface area contributed by atoms with E-state index in [-0.39, 0.29) is 5.69 Å². The minimum absolute atomic E-state index is 0.215. The minimum atomic E-state index is -0.972. The highest BCUT2D eigenvalue weighted by molar-refractivity contribution is 5.82. The molecule has 6 heteroatoms. The number of hydrogen-bond acceptors (Lipinski definition) is 5. The van der Waals surface area contributed by atoms with Gasteiger partial charge in [0.1, 0.15) is 17.4 Å². The fourth-order valence-corrected chi connectivity index (χ4v) is 2.61. The van der Waals surface area contributed by atoms with E-state index in [0.29, 0.717) is 24.6 Å². The molecule has 2 atom stereocenters. The van der Waals surface area contributed by atoms with E-state index in [0.717, 1.165) is 12.8 Å². The Morgan fingerprint density at radius 3 is 2.89 bits per heavy atom. The molecule has 0 bridgehead atoms. The maximum Gasteiger partial charge on any atom is 0.329 e. The molecule has 0 aliphatic heterocycles. The lowest BCUT2D eigenvalue weighted by atomic mass is 9.76. The van der Waals surface area contributed by atoms with Crippen LogP contribution in [0.1, 0.15) is 38.3 Å². The molecule has 2 N–H and O–H groups in total. The van der Waals surface area contributed by atoms with Gasteiger partial charge in [-0.3, -0.25) is 0 Å². The topological polar surface area (TPSA) is 98.9 Å². The van der Waals surface area contributed by atoms with Crippen LogP contribution >= 0.6 is 0 Å². The van der Waals surface area contributed by atoms with Crippen LogP contribution in [0.4, 0.5) is 5.82 Å². The highest BCUT2D eigenvalue weighted by Gasteiger charge is 2.42. The third kappa shape index (κ3) is 2.81. The van der Waals surface area contributed by atoms with E-state index >= 15 is 0 Å². The van der Waals surface area contributed by atoms with E-state index in [2.05, 4.69) is 22.2 Å². The fourth-order valence-electron chi connectivity index (χ4n) is 2.61. The van der Waals surface area contributed by atoms with Crippen molar-refractivity contribution < 1.29 is 9.90 Å². The summed E-state index contributed by atoms with van der Waals surface area (Å²) >= 11 is 0. The van der Waals surface area contributed by atoms with E-state index in [1.165, 1.54) is 12.4 Å². The van der Waals surface area contributed by atoms with E-state index in [4.69, 9.17) is 5.26 Å². The van der Waals surface area contributed by atoms with Crippen LogP contribution in [-0.2, 0) is 4.79 Å². The van der Waals surface area contributed by atoms with Crippen LogP contribution in [0.15, 0.2) is 12.4 Å². The summed E-state index contributed by atoms with van der Waals surface area (Å²) < 4.78 is 0. The third-order valence-electron chi connectivity index (χ3n) is 3.54. The van der Waals surface area contributed by atoms with Gasteiger partial charge in [0.15, 0.2) is 5.69 Å². The fraction of sp³-hybridized carbons (Fsp3) is 0.538. The van der Waals surface area contributed by atoms with Gasteiger partial charge in [-0.05, 0) is 18.8 Å². The van der Waals surface area contributed by atoms with E-state index in [1.807, 2.05) is 6.07 Å². The average Bonchev–Trinajstić information content (AvgIpc) is 2.39. The first kappa shape index (κ1) is 13.3. The van der Waals surface area contributed by atoms with Gasteiger partial charge in [0.25, 0.3) is 0 Å². The molecule has 2 unspecified atom stereocenters. The second-order valence-corrected chi connectivity index (χ2v) is 5.11. The molecule has 1 aromatic rings. The Kier molecular flexibility index (Phi) is 3.65. The molecule has 6 nitrogen and oxygen atoms in total. The minimum Gasteiger partial charge on any atom is -0.480 e. The zero-order valence-electron chi connectivity index (χ0n) is 10.8. The van der Waals surface area contributed by atoms with Crippen molar-refractivity contribution in [2.45, 2.75) is 38.1 Å². The Bertz CT molecular complexity index is 508. The number of carbonyl (C=O) groups is 1. The molecule has 1 aromatic heterocycles.